The number of hydrogen-bond acceptors (Lipinski definition) is 3. The second-order valence-corrected chi connectivity index (χ2v) is 13.3. The van der Waals surface area contributed by atoms with Crippen LogP contribution in [-0.4, -0.2) is 15.3 Å². The summed E-state index contributed by atoms with van der Waals surface area (Å²) in [5.74, 6) is 1.62. The normalized spacial score (nSPS) is 17.0. The maximum absolute atomic E-state index is 11.9. The van der Waals surface area contributed by atoms with Crippen LogP contribution >= 0.6 is 0 Å². The van der Waals surface area contributed by atoms with Crippen molar-refractivity contribution in [1.82, 2.24) is 0 Å². The fourth-order valence-electron chi connectivity index (χ4n) is 7.93. The topological polar surface area (TPSA) is 60.7 Å². The zero-order valence-corrected chi connectivity index (χ0v) is 26.4. The highest BCUT2D eigenvalue weighted by molar-refractivity contribution is 5.64. The molecule has 0 atom stereocenters. The highest BCUT2D eigenvalue weighted by Gasteiger charge is 2.32. The fourth-order valence-corrected chi connectivity index (χ4v) is 7.93. The van der Waals surface area contributed by atoms with E-state index in [9.17, 15) is 15.3 Å². The van der Waals surface area contributed by atoms with Crippen LogP contribution in [0.25, 0.3) is 0 Å². The first-order valence-electron chi connectivity index (χ1n) is 16.0. The summed E-state index contributed by atoms with van der Waals surface area (Å²) in [6.45, 7) is 14.4. The molecule has 0 amide bonds. The molecule has 0 saturated heterocycles. The maximum Gasteiger partial charge on any atom is 0.122 e. The summed E-state index contributed by atoms with van der Waals surface area (Å²) in [5, 5.41) is 34.6. The van der Waals surface area contributed by atoms with Gasteiger partial charge in [0.15, 0.2) is 0 Å². The maximum atomic E-state index is 11.9. The molecule has 0 radical (unpaired) electrons. The quantitative estimate of drug-likeness (QED) is 0.275. The van der Waals surface area contributed by atoms with Gasteiger partial charge in [0.1, 0.15) is 17.2 Å². The third kappa shape index (κ3) is 5.26. The minimum atomic E-state index is -0.351. The monoisotopic (exact) mass is 554 g/mol. The molecule has 0 bridgehead atoms. The van der Waals surface area contributed by atoms with Gasteiger partial charge in [0.25, 0.3) is 0 Å². The molecular formula is C38H50O3. The zero-order chi connectivity index (χ0) is 29.6. The van der Waals surface area contributed by atoms with Gasteiger partial charge in [0.2, 0.25) is 0 Å². The van der Waals surface area contributed by atoms with Crippen LogP contribution in [0.15, 0.2) is 18.2 Å². The van der Waals surface area contributed by atoms with Crippen molar-refractivity contribution in [2.45, 2.75) is 130 Å². The van der Waals surface area contributed by atoms with Crippen LogP contribution in [0, 0.1) is 48.5 Å². The molecule has 0 unspecified atom stereocenters. The molecule has 0 spiro atoms. The fraction of sp³-hybridized carbons (Fsp3) is 0.526. The van der Waals surface area contributed by atoms with E-state index in [1.807, 2.05) is 27.7 Å². The van der Waals surface area contributed by atoms with E-state index in [-0.39, 0.29) is 5.92 Å². The lowest BCUT2D eigenvalue weighted by atomic mass is 9.73. The van der Waals surface area contributed by atoms with Crippen molar-refractivity contribution in [2.24, 2.45) is 0 Å². The first-order chi connectivity index (χ1) is 19.5. The summed E-state index contributed by atoms with van der Waals surface area (Å²) in [6, 6.07) is 6.61. The lowest BCUT2D eigenvalue weighted by Gasteiger charge is -2.31. The second-order valence-electron chi connectivity index (χ2n) is 13.3. The van der Waals surface area contributed by atoms with Crippen LogP contribution in [0.1, 0.15) is 149 Å². The van der Waals surface area contributed by atoms with Crippen LogP contribution in [0.4, 0.5) is 0 Å². The summed E-state index contributed by atoms with van der Waals surface area (Å²) >= 11 is 0. The summed E-state index contributed by atoms with van der Waals surface area (Å²) in [7, 11) is 0. The number of aromatic hydroxyl groups is 3. The average molecular weight is 555 g/mol. The molecule has 0 aliphatic heterocycles. The molecule has 2 aliphatic rings. The Morgan fingerprint density at radius 3 is 1.27 bits per heavy atom. The van der Waals surface area contributed by atoms with Gasteiger partial charge in [-0.25, -0.2) is 0 Å². The third-order valence-corrected chi connectivity index (χ3v) is 11.0. The number of aryl methyl sites for hydroxylation is 1. The van der Waals surface area contributed by atoms with Crippen molar-refractivity contribution in [2.75, 3.05) is 0 Å². The van der Waals surface area contributed by atoms with Crippen LogP contribution in [0.3, 0.4) is 0 Å². The Morgan fingerprint density at radius 2 is 0.854 bits per heavy atom. The molecule has 3 heteroatoms. The van der Waals surface area contributed by atoms with E-state index in [1.54, 1.807) is 0 Å². The molecule has 0 aromatic heterocycles. The van der Waals surface area contributed by atoms with Crippen LogP contribution in [0.2, 0.25) is 0 Å². The largest absolute Gasteiger partial charge is 0.507 e. The Balaban J connectivity index is 1.82. The van der Waals surface area contributed by atoms with Crippen molar-refractivity contribution >= 4 is 0 Å². The standard InChI is InChI=1S/C38H50O3/c1-21-18-32(24(4)25(5)36(21)39)35(33-19-30(22(2)26(6)37(33)40)28-14-10-8-11-15-28)34-20-31(23(3)27(7)38(34)41)29-16-12-9-13-17-29/h18-20,28-29,35,39-41H,8-17H2,1-7H3. The molecule has 2 aliphatic carbocycles. The van der Waals surface area contributed by atoms with Crippen molar-refractivity contribution in [3.8, 4) is 17.2 Å². The molecule has 220 valence electrons. The number of hydrogen-bond donors (Lipinski definition) is 3. The Morgan fingerprint density at radius 1 is 0.463 bits per heavy atom. The van der Waals surface area contributed by atoms with E-state index in [4.69, 9.17) is 0 Å². The van der Waals surface area contributed by atoms with Gasteiger partial charge in [-0.15, -0.1) is 0 Å². The summed E-state index contributed by atoms with van der Waals surface area (Å²) < 4.78 is 0. The number of phenols is 3. The van der Waals surface area contributed by atoms with Gasteiger partial charge in [0.05, 0.1) is 0 Å². The van der Waals surface area contributed by atoms with Crippen LogP contribution in [0.5, 0.6) is 17.2 Å². The Kier molecular flexibility index (Phi) is 8.46. The predicted molar refractivity (Wildman–Crippen MR) is 170 cm³/mol. The second kappa shape index (κ2) is 11.7. The van der Waals surface area contributed by atoms with Gasteiger partial charge in [0, 0.05) is 17.0 Å². The van der Waals surface area contributed by atoms with Gasteiger partial charge in [-0.3, -0.25) is 0 Å². The summed E-state index contributed by atoms with van der Waals surface area (Å²) in [4.78, 5) is 0. The van der Waals surface area contributed by atoms with Crippen molar-refractivity contribution in [3.05, 3.63) is 85.0 Å². The molecule has 3 N–H and O–H groups in total. The van der Waals surface area contributed by atoms with Crippen LogP contribution in [-0.2, 0) is 0 Å². The number of rotatable bonds is 5. The average Bonchev–Trinajstić information content (AvgIpc) is 2.99. The first kappa shape index (κ1) is 29.5. The van der Waals surface area contributed by atoms with E-state index >= 15 is 0 Å². The predicted octanol–water partition coefficient (Wildman–Crippen LogP) is 10.2. The van der Waals surface area contributed by atoms with E-state index in [2.05, 4.69) is 39.0 Å². The van der Waals surface area contributed by atoms with Gasteiger partial charge < -0.3 is 15.3 Å². The number of phenolic OH excluding ortho intramolecular Hbond substituents is 3. The zero-order valence-electron chi connectivity index (χ0n) is 26.4. The van der Waals surface area contributed by atoms with Crippen molar-refractivity contribution in [3.63, 3.8) is 0 Å². The summed E-state index contributed by atoms with van der Waals surface area (Å²) in [6.07, 6.45) is 12.3. The Hall–Kier alpha value is -2.94. The molecule has 41 heavy (non-hydrogen) atoms. The smallest absolute Gasteiger partial charge is 0.122 e. The van der Waals surface area contributed by atoms with Gasteiger partial charge in [-0.2, -0.15) is 0 Å². The lowest BCUT2D eigenvalue weighted by Crippen LogP contribution is -2.14. The third-order valence-electron chi connectivity index (χ3n) is 11.0. The van der Waals surface area contributed by atoms with E-state index in [0.717, 1.165) is 44.5 Å². The van der Waals surface area contributed by atoms with E-state index in [0.29, 0.717) is 29.1 Å². The minimum absolute atomic E-state index is 0.324. The summed E-state index contributed by atoms with van der Waals surface area (Å²) in [5.41, 5.74) is 12.4. The minimum Gasteiger partial charge on any atom is -0.507 e. The molecule has 3 aromatic rings. The van der Waals surface area contributed by atoms with Crippen molar-refractivity contribution < 1.29 is 15.3 Å². The molecular weight excluding hydrogens is 504 g/mol. The lowest BCUT2D eigenvalue weighted by molar-refractivity contribution is 0.434. The highest BCUT2D eigenvalue weighted by atomic mass is 16.3. The SMILES string of the molecule is Cc1cc(C(c2cc(C3CCCCC3)c(C)c(C)c2O)c2cc(C3CCCCC3)c(C)c(C)c2O)c(C)c(C)c1O. The molecule has 3 aromatic carbocycles. The molecule has 2 saturated carbocycles. The number of benzene rings is 3. The van der Waals surface area contributed by atoms with E-state index < -0.39 is 0 Å². The Bertz CT molecular complexity index is 1370. The molecule has 5 rings (SSSR count). The molecule has 0 heterocycles. The molecule has 3 nitrogen and oxygen atoms in total. The van der Waals surface area contributed by atoms with Gasteiger partial charge in [-0.05, 0) is 142 Å². The molecule has 2 fully saturated rings. The van der Waals surface area contributed by atoms with Gasteiger partial charge >= 0.3 is 0 Å². The van der Waals surface area contributed by atoms with Gasteiger partial charge in [-0.1, -0.05) is 56.7 Å². The first-order valence-corrected chi connectivity index (χ1v) is 16.0. The highest BCUT2D eigenvalue weighted by Crippen LogP contribution is 2.50. The Labute approximate surface area is 247 Å². The van der Waals surface area contributed by atoms with Crippen molar-refractivity contribution in [1.29, 1.82) is 0 Å². The van der Waals surface area contributed by atoms with E-state index in [1.165, 1.54) is 86.5 Å². The van der Waals surface area contributed by atoms with Crippen LogP contribution < -0.4 is 0 Å².